The molecule has 6 heteroatoms. The maximum Gasteiger partial charge on any atom is 0.282 e. The van der Waals surface area contributed by atoms with Gasteiger partial charge in [-0.3, -0.25) is 14.9 Å². The molecule has 0 saturated carbocycles. The van der Waals surface area contributed by atoms with E-state index in [0.717, 1.165) is 13.1 Å². The van der Waals surface area contributed by atoms with E-state index in [0.29, 0.717) is 30.5 Å². The van der Waals surface area contributed by atoms with Crippen molar-refractivity contribution in [2.45, 2.75) is 6.92 Å². The van der Waals surface area contributed by atoms with Gasteiger partial charge in [0.25, 0.3) is 11.6 Å². The van der Waals surface area contributed by atoms with E-state index in [1.807, 2.05) is 0 Å². The fourth-order valence-corrected chi connectivity index (χ4v) is 3.26. The van der Waals surface area contributed by atoms with Crippen molar-refractivity contribution in [2.24, 2.45) is 11.8 Å². The van der Waals surface area contributed by atoms with Crippen LogP contribution in [0.3, 0.4) is 0 Å². The van der Waals surface area contributed by atoms with Crippen molar-refractivity contribution in [1.82, 2.24) is 10.2 Å². The number of aryl methyl sites for hydroxylation is 1. The van der Waals surface area contributed by atoms with Crippen LogP contribution in [0.5, 0.6) is 0 Å². The third-order valence-corrected chi connectivity index (χ3v) is 4.34. The topological polar surface area (TPSA) is 75.5 Å². The molecular weight excluding hydrogens is 258 g/mol. The van der Waals surface area contributed by atoms with E-state index in [2.05, 4.69) is 5.32 Å². The quantitative estimate of drug-likeness (QED) is 0.650. The van der Waals surface area contributed by atoms with Crippen molar-refractivity contribution in [3.05, 3.63) is 39.4 Å². The second-order valence-electron chi connectivity index (χ2n) is 5.61. The van der Waals surface area contributed by atoms with E-state index in [1.54, 1.807) is 24.0 Å². The Morgan fingerprint density at radius 3 is 2.60 bits per heavy atom. The number of nitro groups is 1. The SMILES string of the molecule is Cc1cccc([N+](=O)[O-])c1C(=O)N1CC2CNCC2C1. The van der Waals surface area contributed by atoms with Crippen LogP contribution in [0.4, 0.5) is 5.69 Å². The third-order valence-electron chi connectivity index (χ3n) is 4.34. The molecule has 2 aliphatic heterocycles. The number of benzene rings is 1. The van der Waals surface area contributed by atoms with Crippen LogP contribution in [0.25, 0.3) is 0 Å². The lowest BCUT2D eigenvalue weighted by Gasteiger charge is -2.18. The van der Waals surface area contributed by atoms with Crippen LogP contribution in [-0.2, 0) is 0 Å². The zero-order chi connectivity index (χ0) is 14.3. The fourth-order valence-electron chi connectivity index (χ4n) is 3.26. The van der Waals surface area contributed by atoms with E-state index >= 15 is 0 Å². The molecule has 0 spiro atoms. The number of amides is 1. The first-order valence-electron chi connectivity index (χ1n) is 6.82. The minimum atomic E-state index is -0.474. The lowest BCUT2D eigenvalue weighted by Crippen LogP contribution is -2.32. The van der Waals surface area contributed by atoms with Crippen LogP contribution in [-0.4, -0.2) is 41.9 Å². The van der Waals surface area contributed by atoms with Gasteiger partial charge in [0.05, 0.1) is 4.92 Å². The standard InChI is InChI=1S/C14H17N3O3/c1-9-3-2-4-12(17(19)20)13(9)14(18)16-7-10-5-15-6-11(10)8-16/h2-4,10-11,15H,5-8H2,1H3. The largest absolute Gasteiger partial charge is 0.338 e. The smallest absolute Gasteiger partial charge is 0.282 e. The van der Waals surface area contributed by atoms with Gasteiger partial charge in [0, 0.05) is 32.2 Å². The summed E-state index contributed by atoms with van der Waals surface area (Å²) in [6.45, 7) is 5.01. The van der Waals surface area contributed by atoms with Gasteiger partial charge in [0.1, 0.15) is 5.56 Å². The minimum Gasteiger partial charge on any atom is -0.338 e. The maximum absolute atomic E-state index is 12.6. The average molecular weight is 275 g/mol. The molecule has 0 aromatic heterocycles. The summed E-state index contributed by atoms with van der Waals surface area (Å²) in [4.78, 5) is 25.0. The molecule has 0 bridgehead atoms. The van der Waals surface area contributed by atoms with Crippen LogP contribution < -0.4 is 5.32 Å². The lowest BCUT2D eigenvalue weighted by molar-refractivity contribution is -0.385. The zero-order valence-corrected chi connectivity index (χ0v) is 11.3. The predicted octanol–water partition coefficient (Wildman–Crippen LogP) is 1.19. The van der Waals surface area contributed by atoms with E-state index in [4.69, 9.17) is 0 Å². The molecule has 20 heavy (non-hydrogen) atoms. The van der Waals surface area contributed by atoms with Gasteiger partial charge < -0.3 is 10.2 Å². The molecule has 1 aromatic carbocycles. The molecule has 2 unspecified atom stereocenters. The number of likely N-dealkylation sites (tertiary alicyclic amines) is 1. The van der Waals surface area contributed by atoms with Crippen molar-refractivity contribution in [2.75, 3.05) is 26.2 Å². The van der Waals surface area contributed by atoms with Gasteiger partial charge in [-0.2, -0.15) is 0 Å². The van der Waals surface area contributed by atoms with Crippen LogP contribution in [0.1, 0.15) is 15.9 Å². The van der Waals surface area contributed by atoms with Gasteiger partial charge in [0.2, 0.25) is 0 Å². The summed E-state index contributed by atoms with van der Waals surface area (Å²) in [6.07, 6.45) is 0. The summed E-state index contributed by atoms with van der Waals surface area (Å²) < 4.78 is 0. The Bertz CT molecular complexity index is 561. The Balaban J connectivity index is 1.90. The van der Waals surface area contributed by atoms with Crippen molar-refractivity contribution < 1.29 is 9.72 Å². The van der Waals surface area contributed by atoms with Crippen molar-refractivity contribution in [3.8, 4) is 0 Å². The number of rotatable bonds is 2. The Morgan fingerprint density at radius 2 is 2.00 bits per heavy atom. The second kappa shape index (κ2) is 4.86. The van der Waals surface area contributed by atoms with Crippen LogP contribution in [0.15, 0.2) is 18.2 Å². The number of carbonyl (C=O) groups is 1. The van der Waals surface area contributed by atoms with E-state index in [1.165, 1.54) is 6.07 Å². The molecular formula is C14H17N3O3. The lowest BCUT2D eigenvalue weighted by atomic mass is 10.0. The molecule has 106 valence electrons. The molecule has 2 atom stereocenters. The monoisotopic (exact) mass is 275 g/mol. The maximum atomic E-state index is 12.6. The highest BCUT2D eigenvalue weighted by molar-refractivity contribution is 5.99. The van der Waals surface area contributed by atoms with Crippen molar-refractivity contribution >= 4 is 11.6 Å². The highest BCUT2D eigenvalue weighted by Crippen LogP contribution is 2.30. The predicted molar refractivity (Wildman–Crippen MR) is 73.6 cm³/mol. The van der Waals surface area contributed by atoms with E-state index < -0.39 is 4.92 Å². The van der Waals surface area contributed by atoms with Gasteiger partial charge in [-0.15, -0.1) is 0 Å². The fraction of sp³-hybridized carbons (Fsp3) is 0.500. The highest BCUT2D eigenvalue weighted by Gasteiger charge is 2.39. The Hall–Kier alpha value is -1.95. The van der Waals surface area contributed by atoms with Gasteiger partial charge >= 0.3 is 0 Å². The molecule has 1 aromatic rings. The molecule has 2 heterocycles. The Kier molecular flexibility index (Phi) is 3.17. The van der Waals surface area contributed by atoms with Crippen molar-refractivity contribution in [1.29, 1.82) is 0 Å². The first-order chi connectivity index (χ1) is 9.58. The number of nitrogens with zero attached hydrogens (tertiary/aromatic N) is 2. The van der Waals surface area contributed by atoms with Crippen LogP contribution in [0.2, 0.25) is 0 Å². The van der Waals surface area contributed by atoms with Gasteiger partial charge in [0.15, 0.2) is 0 Å². The van der Waals surface area contributed by atoms with E-state index in [-0.39, 0.29) is 17.2 Å². The molecule has 2 fully saturated rings. The van der Waals surface area contributed by atoms with Gasteiger partial charge in [-0.1, -0.05) is 12.1 Å². The van der Waals surface area contributed by atoms with E-state index in [9.17, 15) is 14.9 Å². The Morgan fingerprint density at radius 1 is 1.35 bits per heavy atom. The number of hydrogen-bond donors (Lipinski definition) is 1. The zero-order valence-electron chi connectivity index (χ0n) is 11.3. The van der Waals surface area contributed by atoms with Gasteiger partial charge in [-0.05, 0) is 24.3 Å². The summed E-state index contributed by atoms with van der Waals surface area (Å²) in [5.74, 6) is 0.772. The molecule has 0 radical (unpaired) electrons. The summed E-state index contributed by atoms with van der Waals surface area (Å²) in [6, 6.07) is 4.77. The average Bonchev–Trinajstić information content (AvgIpc) is 2.98. The van der Waals surface area contributed by atoms with Crippen LogP contribution in [0, 0.1) is 28.9 Å². The summed E-state index contributed by atoms with van der Waals surface area (Å²) in [5.41, 5.74) is 0.815. The molecule has 2 aliphatic rings. The molecule has 3 rings (SSSR count). The molecule has 1 amide bonds. The van der Waals surface area contributed by atoms with Crippen LogP contribution >= 0.6 is 0 Å². The highest BCUT2D eigenvalue weighted by atomic mass is 16.6. The molecule has 2 saturated heterocycles. The Labute approximate surface area is 116 Å². The second-order valence-corrected chi connectivity index (χ2v) is 5.61. The number of carbonyl (C=O) groups excluding carboxylic acids is 1. The molecule has 0 aliphatic carbocycles. The molecule has 6 nitrogen and oxygen atoms in total. The first-order valence-corrected chi connectivity index (χ1v) is 6.82. The summed E-state index contributed by atoms with van der Waals surface area (Å²) in [5, 5.41) is 14.4. The summed E-state index contributed by atoms with van der Waals surface area (Å²) in [7, 11) is 0. The van der Waals surface area contributed by atoms with Crippen molar-refractivity contribution in [3.63, 3.8) is 0 Å². The minimum absolute atomic E-state index is 0.0924. The normalized spacial score (nSPS) is 24.8. The number of fused-ring (bicyclic) bond motifs is 1. The number of nitrogens with one attached hydrogen (secondary N) is 1. The third kappa shape index (κ3) is 2.06. The number of hydrogen-bond acceptors (Lipinski definition) is 4. The van der Waals surface area contributed by atoms with Gasteiger partial charge in [-0.25, -0.2) is 0 Å². The first kappa shape index (κ1) is 13.1. The number of nitro benzene ring substituents is 1. The summed E-state index contributed by atoms with van der Waals surface area (Å²) >= 11 is 0. The molecule has 1 N–H and O–H groups in total.